The maximum absolute atomic E-state index is 6.21. The molecule has 0 amide bonds. The fraction of sp³-hybridized carbons (Fsp3) is 0.333. The van der Waals surface area contributed by atoms with Gasteiger partial charge in [-0.25, -0.2) is 0 Å². The summed E-state index contributed by atoms with van der Waals surface area (Å²) in [4.78, 5) is 0. The minimum absolute atomic E-state index is 0.0879. The Balaban J connectivity index is 2.51. The molecule has 90 valence electrons. The van der Waals surface area contributed by atoms with Crippen LogP contribution in [0.5, 0.6) is 0 Å². The number of nitrogens with zero attached hydrogens (tertiary/aromatic N) is 2. The van der Waals surface area contributed by atoms with Crippen LogP contribution in [0, 0.1) is 4.77 Å². The van der Waals surface area contributed by atoms with Crippen LogP contribution in [0.2, 0.25) is 5.02 Å². The van der Waals surface area contributed by atoms with E-state index in [4.69, 9.17) is 23.8 Å². The molecule has 2 aromatic rings. The second-order valence-corrected chi connectivity index (χ2v) is 4.66. The van der Waals surface area contributed by atoms with E-state index in [2.05, 4.69) is 24.0 Å². The average Bonchev–Trinajstić information content (AvgIpc) is 2.70. The molecule has 1 aromatic heterocycles. The Labute approximate surface area is 110 Å². The lowest BCUT2D eigenvalue weighted by Gasteiger charge is -2.16. The van der Waals surface area contributed by atoms with Gasteiger partial charge in [0.1, 0.15) is 5.82 Å². The SMILES string of the molecule is CCc1n[nH]c(=S)n1C(C)c1ccccc1Cl. The van der Waals surface area contributed by atoms with Crippen LogP contribution in [0.3, 0.4) is 0 Å². The second kappa shape index (κ2) is 5.02. The zero-order valence-corrected chi connectivity index (χ0v) is 11.3. The van der Waals surface area contributed by atoms with Gasteiger partial charge in [-0.3, -0.25) is 9.67 Å². The Hall–Kier alpha value is -1.13. The van der Waals surface area contributed by atoms with Crippen LogP contribution < -0.4 is 0 Å². The molecule has 3 nitrogen and oxygen atoms in total. The molecule has 0 saturated carbocycles. The molecule has 1 atom stereocenters. The molecule has 0 spiro atoms. The standard InChI is InChI=1S/C12H14ClN3S/c1-3-11-14-15-12(17)16(11)8(2)9-6-4-5-7-10(9)13/h4-8H,3H2,1-2H3,(H,15,17). The first-order valence-electron chi connectivity index (χ1n) is 5.55. The number of H-pyrrole nitrogens is 1. The van der Waals surface area contributed by atoms with E-state index in [0.717, 1.165) is 22.8 Å². The van der Waals surface area contributed by atoms with Gasteiger partial charge in [-0.15, -0.1) is 0 Å². The molecule has 0 aliphatic rings. The summed E-state index contributed by atoms with van der Waals surface area (Å²) < 4.78 is 2.64. The topological polar surface area (TPSA) is 33.6 Å². The van der Waals surface area contributed by atoms with E-state index in [9.17, 15) is 0 Å². The first-order valence-corrected chi connectivity index (χ1v) is 6.34. The average molecular weight is 268 g/mol. The molecule has 0 bridgehead atoms. The fourth-order valence-corrected chi connectivity index (χ4v) is 2.54. The smallest absolute Gasteiger partial charge is 0.195 e. The van der Waals surface area contributed by atoms with E-state index >= 15 is 0 Å². The van der Waals surface area contributed by atoms with Gasteiger partial charge < -0.3 is 0 Å². The van der Waals surface area contributed by atoms with Gasteiger partial charge in [-0.2, -0.15) is 5.10 Å². The molecule has 0 fully saturated rings. The number of aromatic nitrogens is 3. The highest BCUT2D eigenvalue weighted by Crippen LogP contribution is 2.26. The number of rotatable bonds is 3. The maximum atomic E-state index is 6.21. The Bertz CT molecular complexity index is 573. The van der Waals surface area contributed by atoms with E-state index < -0.39 is 0 Å². The van der Waals surface area contributed by atoms with Crippen LogP contribution in [-0.4, -0.2) is 14.8 Å². The molecule has 17 heavy (non-hydrogen) atoms. The van der Waals surface area contributed by atoms with Crippen molar-refractivity contribution in [2.45, 2.75) is 26.3 Å². The third-order valence-electron chi connectivity index (χ3n) is 2.84. The molecule has 0 aliphatic carbocycles. The zero-order chi connectivity index (χ0) is 12.4. The van der Waals surface area contributed by atoms with Crippen molar-refractivity contribution in [1.29, 1.82) is 0 Å². The van der Waals surface area contributed by atoms with E-state index in [-0.39, 0.29) is 6.04 Å². The fourth-order valence-electron chi connectivity index (χ4n) is 1.94. The first kappa shape index (κ1) is 12.3. The Morgan fingerprint density at radius 3 is 2.82 bits per heavy atom. The van der Waals surface area contributed by atoms with Gasteiger partial charge in [0.25, 0.3) is 0 Å². The lowest BCUT2D eigenvalue weighted by atomic mass is 10.1. The Morgan fingerprint density at radius 2 is 2.18 bits per heavy atom. The molecule has 1 N–H and O–H groups in total. The lowest BCUT2D eigenvalue weighted by molar-refractivity contribution is 0.598. The molecule has 1 unspecified atom stereocenters. The predicted octanol–water partition coefficient (Wildman–Crippen LogP) is 3.77. The highest BCUT2D eigenvalue weighted by molar-refractivity contribution is 7.71. The summed E-state index contributed by atoms with van der Waals surface area (Å²) in [5.41, 5.74) is 1.06. The van der Waals surface area contributed by atoms with E-state index in [1.807, 2.05) is 28.8 Å². The van der Waals surface area contributed by atoms with Gasteiger partial charge >= 0.3 is 0 Å². The summed E-state index contributed by atoms with van der Waals surface area (Å²) in [5.74, 6) is 0.947. The predicted molar refractivity (Wildman–Crippen MR) is 72.1 cm³/mol. The normalized spacial score (nSPS) is 12.6. The van der Waals surface area contributed by atoms with Crippen molar-refractivity contribution >= 4 is 23.8 Å². The molecule has 0 aliphatic heterocycles. The van der Waals surface area contributed by atoms with Crippen molar-refractivity contribution in [1.82, 2.24) is 14.8 Å². The summed E-state index contributed by atoms with van der Waals surface area (Å²) in [6.07, 6.45) is 0.835. The number of halogens is 1. The van der Waals surface area contributed by atoms with Crippen molar-refractivity contribution in [2.24, 2.45) is 0 Å². The number of hydrogen-bond acceptors (Lipinski definition) is 2. The number of nitrogens with one attached hydrogen (secondary N) is 1. The van der Waals surface area contributed by atoms with Crippen molar-refractivity contribution in [3.8, 4) is 0 Å². The second-order valence-electron chi connectivity index (χ2n) is 3.87. The molecule has 2 rings (SSSR count). The van der Waals surface area contributed by atoms with Crippen LogP contribution in [0.25, 0.3) is 0 Å². The minimum Gasteiger partial charge on any atom is -0.297 e. The molecular formula is C12H14ClN3S. The van der Waals surface area contributed by atoms with Crippen LogP contribution in [0.15, 0.2) is 24.3 Å². The van der Waals surface area contributed by atoms with Crippen molar-refractivity contribution < 1.29 is 0 Å². The monoisotopic (exact) mass is 267 g/mol. The summed E-state index contributed by atoms with van der Waals surface area (Å²) in [6, 6.07) is 7.90. The Kier molecular flexibility index (Phi) is 3.64. The van der Waals surface area contributed by atoms with Crippen molar-refractivity contribution in [3.63, 3.8) is 0 Å². The van der Waals surface area contributed by atoms with E-state index in [1.165, 1.54) is 0 Å². The summed E-state index contributed by atoms with van der Waals surface area (Å²) in [6.45, 7) is 4.13. The van der Waals surface area contributed by atoms with E-state index in [0.29, 0.717) is 4.77 Å². The van der Waals surface area contributed by atoms with Crippen LogP contribution in [-0.2, 0) is 6.42 Å². The third-order valence-corrected chi connectivity index (χ3v) is 3.47. The summed E-state index contributed by atoms with van der Waals surface area (Å²) in [5, 5.41) is 7.80. The molecule has 1 heterocycles. The largest absolute Gasteiger partial charge is 0.297 e. The van der Waals surface area contributed by atoms with Gasteiger partial charge in [0, 0.05) is 11.4 Å². The minimum atomic E-state index is 0.0879. The molecule has 0 radical (unpaired) electrons. The quantitative estimate of drug-likeness (QED) is 0.859. The summed E-state index contributed by atoms with van der Waals surface area (Å²) >= 11 is 11.5. The number of benzene rings is 1. The Morgan fingerprint density at radius 1 is 1.47 bits per heavy atom. The van der Waals surface area contributed by atoms with Crippen LogP contribution in [0.1, 0.15) is 31.3 Å². The molecule has 5 heteroatoms. The van der Waals surface area contributed by atoms with Gasteiger partial charge in [-0.1, -0.05) is 36.7 Å². The first-order chi connectivity index (χ1) is 8.15. The third kappa shape index (κ3) is 2.28. The van der Waals surface area contributed by atoms with Crippen molar-refractivity contribution in [2.75, 3.05) is 0 Å². The van der Waals surface area contributed by atoms with Crippen molar-refractivity contribution in [3.05, 3.63) is 45.4 Å². The maximum Gasteiger partial charge on any atom is 0.195 e. The number of hydrogen-bond donors (Lipinski definition) is 1. The van der Waals surface area contributed by atoms with Gasteiger partial charge in [-0.05, 0) is 30.8 Å². The number of aryl methyl sites for hydroxylation is 1. The molecular weight excluding hydrogens is 254 g/mol. The van der Waals surface area contributed by atoms with Gasteiger partial charge in [0.05, 0.1) is 6.04 Å². The highest BCUT2D eigenvalue weighted by atomic mass is 35.5. The van der Waals surface area contributed by atoms with E-state index in [1.54, 1.807) is 0 Å². The summed E-state index contributed by atoms with van der Waals surface area (Å²) in [7, 11) is 0. The van der Waals surface area contributed by atoms with Crippen LogP contribution in [0.4, 0.5) is 0 Å². The number of aromatic amines is 1. The van der Waals surface area contributed by atoms with Gasteiger partial charge in [0.2, 0.25) is 0 Å². The molecule has 0 saturated heterocycles. The highest BCUT2D eigenvalue weighted by Gasteiger charge is 2.15. The van der Waals surface area contributed by atoms with Crippen LogP contribution >= 0.6 is 23.8 Å². The zero-order valence-electron chi connectivity index (χ0n) is 9.77. The lowest BCUT2D eigenvalue weighted by Crippen LogP contribution is -2.11. The van der Waals surface area contributed by atoms with Gasteiger partial charge in [0.15, 0.2) is 4.77 Å². The molecule has 1 aromatic carbocycles.